The predicted octanol–water partition coefficient (Wildman–Crippen LogP) is 1.18. The Morgan fingerprint density at radius 2 is 2.12 bits per heavy atom. The van der Waals surface area contributed by atoms with E-state index in [1.165, 1.54) is 18.5 Å². The van der Waals surface area contributed by atoms with Gasteiger partial charge in [-0.15, -0.1) is 0 Å². The molecule has 1 aliphatic heterocycles. The van der Waals surface area contributed by atoms with Crippen LogP contribution in [0.5, 0.6) is 0 Å². The number of rotatable bonds is 5. The smallest absolute Gasteiger partial charge is 0.0444 e. The number of likely N-dealkylation sites (N-methyl/N-ethyl adjacent to an activating group) is 2. The molecule has 2 atom stereocenters. The molecule has 0 radical (unpaired) electrons. The minimum atomic E-state index is 0.424. The van der Waals surface area contributed by atoms with Crippen LogP contribution in [0.1, 0.15) is 20.3 Å². The largest absolute Gasteiger partial charge is 0.309 e. The summed E-state index contributed by atoms with van der Waals surface area (Å²) in [5, 5.41) is 3.62. The molecule has 0 spiro atoms. The molecule has 0 aromatic heterocycles. The zero-order valence-electron chi connectivity index (χ0n) is 11.3. The van der Waals surface area contributed by atoms with Crippen LogP contribution in [0.2, 0.25) is 0 Å². The van der Waals surface area contributed by atoms with Crippen molar-refractivity contribution in [3.8, 4) is 0 Å². The van der Waals surface area contributed by atoms with Crippen LogP contribution in [0.4, 0.5) is 0 Å². The Bertz CT molecular complexity index is 227. The highest BCUT2D eigenvalue weighted by atomic mass is 15.3. The molecule has 1 aliphatic rings. The van der Waals surface area contributed by atoms with Crippen molar-refractivity contribution < 1.29 is 0 Å². The number of nitrogens with zero attached hydrogens (tertiary/aromatic N) is 2. The van der Waals surface area contributed by atoms with Gasteiger partial charge in [-0.25, -0.2) is 0 Å². The summed E-state index contributed by atoms with van der Waals surface area (Å²) in [6.07, 6.45) is 1.18. The highest BCUT2D eigenvalue weighted by Gasteiger charge is 2.29. The molecular weight excluding hydrogens is 198 g/mol. The number of nitrogens with one attached hydrogen (secondary N) is 1. The molecule has 2 unspecified atom stereocenters. The third kappa shape index (κ3) is 3.58. The van der Waals surface area contributed by atoms with Crippen molar-refractivity contribution in [3.05, 3.63) is 12.2 Å². The third-order valence-electron chi connectivity index (χ3n) is 3.43. The molecule has 16 heavy (non-hydrogen) atoms. The van der Waals surface area contributed by atoms with E-state index in [1.807, 2.05) is 0 Å². The van der Waals surface area contributed by atoms with Gasteiger partial charge in [-0.1, -0.05) is 19.1 Å². The van der Waals surface area contributed by atoms with E-state index < -0.39 is 0 Å². The third-order valence-corrected chi connectivity index (χ3v) is 3.43. The molecule has 0 aromatic rings. The molecule has 0 bridgehead atoms. The number of hydrogen-bond acceptors (Lipinski definition) is 3. The van der Waals surface area contributed by atoms with Gasteiger partial charge in [0.25, 0.3) is 0 Å². The molecule has 0 amide bonds. The fourth-order valence-corrected chi connectivity index (χ4v) is 2.34. The molecular formula is C13H27N3. The second-order valence-electron chi connectivity index (χ2n) is 5.09. The zero-order chi connectivity index (χ0) is 12.1. The molecule has 0 aromatic carbocycles. The van der Waals surface area contributed by atoms with Crippen LogP contribution < -0.4 is 5.32 Å². The second kappa shape index (κ2) is 6.38. The molecule has 1 heterocycles. The summed E-state index contributed by atoms with van der Waals surface area (Å²) in [5.74, 6) is 0. The summed E-state index contributed by atoms with van der Waals surface area (Å²) in [7, 11) is 4.43. The van der Waals surface area contributed by atoms with E-state index in [9.17, 15) is 0 Å². The van der Waals surface area contributed by atoms with Crippen LogP contribution in [0.15, 0.2) is 12.2 Å². The minimum absolute atomic E-state index is 0.424. The van der Waals surface area contributed by atoms with Gasteiger partial charge in [0, 0.05) is 31.7 Å². The second-order valence-corrected chi connectivity index (χ2v) is 5.09. The lowest BCUT2D eigenvalue weighted by Gasteiger charge is -2.42. The molecule has 1 rings (SSSR count). The Labute approximate surface area is 100 Å². The molecule has 1 N–H and O–H groups in total. The number of hydrogen-bond donors (Lipinski definition) is 1. The van der Waals surface area contributed by atoms with Crippen LogP contribution in [0.25, 0.3) is 0 Å². The first-order chi connectivity index (χ1) is 7.56. The quantitative estimate of drug-likeness (QED) is 0.709. The van der Waals surface area contributed by atoms with Gasteiger partial charge < -0.3 is 10.2 Å². The fourth-order valence-electron chi connectivity index (χ4n) is 2.34. The Morgan fingerprint density at radius 3 is 2.69 bits per heavy atom. The molecule has 3 nitrogen and oxygen atoms in total. The van der Waals surface area contributed by atoms with Gasteiger partial charge in [0.1, 0.15) is 0 Å². The zero-order valence-corrected chi connectivity index (χ0v) is 11.3. The van der Waals surface area contributed by atoms with Gasteiger partial charge in [-0.05, 0) is 34.0 Å². The Morgan fingerprint density at radius 1 is 1.44 bits per heavy atom. The molecule has 3 heteroatoms. The summed E-state index contributed by atoms with van der Waals surface area (Å²) in [6.45, 7) is 13.0. The average molecular weight is 225 g/mol. The maximum atomic E-state index is 4.14. The van der Waals surface area contributed by atoms with Crippen molar-refractivity contribution in [2.45, 2.75) is 32.4 Å². The fraction of sp³-hybridized carbons (Fsp3) is 0.846. The van der Waals surface area contributed by atoms with E-state index in [1.54, 1.807) is 0 Å². The normalized spacial score (nSPS) is 25.6. The standard InChI is InChI=1S/C13H27N3/c1-6-7-14-13(11(2)3)12-10-15(4)8-9-16(12)5/h12-14H,2,6-10H2,1,3-5H3. The summed E-state index contributed by atoms with van der Waals surface area (Å²) in [6, 6.07) is 0.982. The van der Waals surface area contributed by atoms with Gasteiger partial charge in [-0.2, -0.15) is 0 Å². The van der Waals surface area contributed by atoms with Gasteiger partial charge in [0.2, 0.25) is 0 Å². The first-order valence-electron chi connectivity index (χ1n) is 6.33. The maximum Gasteiger partial charge on any atom is 0.0444 e. The van der Waals surface area contributed by atoms with Crippen molar-refractivity contribution in [1.82, 2.24) is 15.1 Å². The molecule has 0 saturated carbocycles. The van der Waals surface area contributed by atoms with Gasteiger partial charge >= 0.3 is 0 Å². The van der Waals surface area contributed by atoms with Crippen molar-refractivity contribution in [1.29, 1.82) is 0 Å². The van der Waals surface area contributed by atoms with E-state index in [0.29, 0.717) is 12.1 Å². The van der Waals surface area contributed by atoms with Gasteiger partial charge in [0.15, 0.2) is 0 Å². The van der Waals surface area contributed by atoms with Crippen molar-refractivity contribution in [2.75, 3.05) is 40.3 Å². The Hall–Kier alpha value is -0.380. The van der Waals surface area contributed by atoms with Crippen molar-refractivity contribution in [3.63, 3.8) is 0 Å². The van der Waals surface area contributed by atoms with E-state index in [2.05, 4.69) is 49.6 Å². The first kappa shape index (κ1) is 13.7. The Balaban J connectivity index is 2.63. The van der Waals surface area contributed by atoms with E-state index in [4.69, 9.17) is 0 Å². The van der Waals surface area contributed by atoms with Crippen molar-refractivity contribution in [2.24, 2.45) is 0 Å². The highest BCUT2D eigenvalue weighted by molar-refractivity contribution is 5.08. The summed E-state index contributed by atoms with van der Waals surface area (Å²) in [5.41, 5.74) is 1.25. The molecule has 1 saturated heterocycles. The van der Waals surface area contributed by atoms with Crippen LogP contribution in [-0.2, 0) is 0 Å². The van der Waals surface area contributed by atoms with Crippen LogP contribution in [-0.4, -0.2) is 62.2 Å². The minimum Gasteiger partial charge on any atom is -0.309 e. The Kier molecular flexibility index (Phi) is 5.46. The summed E-state index contributed by atoms with van der Waals surface area (Å²) in [4.78, 5) is 4.87. The van der Waals surface area contributed by atoms with Crippen LogP contribution >= 0.6 is 0 Å². The SMILES string of the molecule is C=C(C)C(NCCC)C1CN(C)CCN1C. The van der Waals surface area contributed by atoms with Crippen molar-refractivity contribution >= 4 is 0 Å². The summed E-state index contributed by atoms with van der Waals surface area (Å²) < 4.78 is 0. The lowest BCUT2D eigenvalue weighted by molar-refractivity contribution is 0.0961. The topological polar surface area (TPSA) is 18.5 Å². The lowest BCUT2D eigenvalue weighted by atomic mass is 9.98. The highest BCUT2D eigenvalue weighted by Crippen LogP contribution is 2.14. The molecule has 1 fully saturated rings. The average Bonchev–Trinajstić information content (AvgIpc) is 2.23. The van der Waals surface area contributed by atoms with Gasteiger partial charge in [-0.3, -0.25) is 4.90 Å². The van der Waals surface area contributed by atoms with E-state index >= 15 is 0 Å². The maximum absolute atomic E-state index is 4.14. The first-order valence-corrected chi connectivity index (χ1v) is 6.33. The molecule has 0 aliphatic carbocycles. The van der Waals surface area contributed by atoms with Crippen LogP contribution in [0, 0.1) is 0 Å². The molecule has 94 valence electrons. The number of piperazine rings is 1. The van der Waals surface area contributed by atoms with Gasteiger partial charge in [0.05, 0.1) is 0 Å². The van der Waals surface area contributed by atoms with E-state index in [0.717, 1.165) is 19.6 Å². The van der Waals surface area contributed by atoms with E-state index in [-0.39, 0.29) is 0 Å². The monoisotopic (exact) mass is 225 g/mol. The lowest BCUT2D eigenvalue weighted by Crippen LogP contribution is -2.59. The summed E-state index contributed by atoms with van der Waals surface area (Å²) >= 11 is 0. The predicted molar refractivity (Wildman–Crippen MR) is 70.8 cm³/mol. The van der Waals surface area contributed by atoms with Crippen LogP contribution in [0.3, 0.4) is 0 Å².